The molecule has 106 valence electrons. The molecule has 0 spiro atoms. The first-order chi connectivity index (χ1) is 9.22. The van der Waals surface area contributed by atoms with E-state index in [-0.39, 0.29) is 5.91 Å². The molecule has 0 fully saturated rings. The van der Waals surface area contributed by atoms with Gasteiger partial charge in [-0.05, 0) is 38.6 Å². The van der Waals surface area contributed by atoms with Gasteiger partial charge < -0.3 is 11.1 Å². The molecule has 0 radical (unpaired) electrons. The van der Waals surface area contributed by atoms with E-state index in [9.17, 15) is 4.79 Å². The Bertz CT molecular complexity index is 439. The van der Waals surface area contributed by atoms with Crippen LogP contribution in [0.5, 0.6) is 0 Å². The molecule has 1 heterocycles. The number of nitrogens with one attached hydrogen (secondary N) is 1. The van der Waals surface area contributed by atoms with E-state index in [1.807, 2.05) is 7.05 Å². The summed E-state index contributed by atoms with van der Waals surface area (Å²) in [6, 6.07) is 0. The summed E-state index contributed by atoms with van der Waals surface area (Å²) in [6.07, 6.45) is 8.00. The van der Waals surface area contributed by atoms with Gasteiger partial charge in [0.05, 0.1) is 5.69 Å². The fourth-order valence-corrected chi connectivity index (χ4v) is 2.65. The Balaban J connectivity index is 1.79. The number of amides is 1. The van der Waals surface area contributed by atoms with Crippen molar-refractivity contribution in [3.63, 3.8) is 0 Å². The fourth-order valence-electron chi connectivity index (χ4n) is 2.65. The van der Waals surface area contributed by atoms with Gasteiger partial charge in [-0.1, -0.05) is 12.8 Å². The molecule has 0 bridgehead atoms. The second-order valence-electron chi connectivity index (χ2n) is 5.25. The topological polar surface area (TPSA) is 72.9 Å². The van der Waals surface area contributed by atoms with Crippen LogP contribution in [-0.4, -0.2) is 22.2 Å². The Morgan fingerprint density at radius 2 is 2.11 bits per heavy atom. The van der Waals surface area contributed by atoms with E-state index >= 15 is 0 Å². The third-order valence-electron chi connectivity index (χ3n) is 3.68. The van der Waals surface area contributed by atoms with E-state index in [0.717, 1.165) is 63.0 Å². The van der Waals surface area contributed by atoms with Crippen LogP contribution >= 0.6 is 0 Å². The summed E-state index contributed by atoms with van der Waals surface area (Å²) in [7, 11) is 1.90. The molecule has 0 aromatic carbocycles. The summed E-state index contributed by atoms with van der Waals surface area (Å²) in [5.41, 5.74) is 7.83. The molecular formula is C14H24N4O. The number of carbonyl (C=O) groups excluding carboxylic acids is 1. The highest BCUT2D eigenvalue weighted by Crippen LogP contribution is 2.28. The van der Waals surface area contributed by atoms with E-state index in [0.29, 0.717) is 6.42 Å². The zero-order chi connectivity index (χ0) is 13.7. The third kappa shape index (κ3) is 3.56. The number of carbonyl (C=O) groups is 1. The largest absolute Gasteiger partial charge is 0.330 e. The zero-order valence-electron chi connectivity index (χ0n) is 11.7. The van der Waals surface area contributed by atoms with Gasteiger partial charge in [0.2, 0.25) is 5.91 Å². The molecule has 3 N–H and O–H groups in total. The van der Waals surface area contributed by atoms with Gasteiger partial charge in [0.15, 0.2) is 0 Å². The van der Waals surface area contributed by atoms with Crippen molar-refractivity contribution in [2.75, 3.05) is 11.9 Å². The Morgan fingerprint density at radius 1 is 1.32 bits per heavy atom. The molecule has 0 unspecified atom stereocenters. The SMILES string of the molecule is Cn1nc2c(c1NC(=O)CCCCCCN)CCC2. The smallest absolute Gasteiger partial charge is 0.225 e. The van der Waals surface area contributed by atoms with Crippen molar-refractivity contribution in [2.24, 2.45) is 12.8 Å². The van der Waals surface area contributed by atoms with Crippen LogP contribution in [0.25, 0.3) is 0 Å². The summed E-state index contributed by atoms with van der Waals surface area (Å²) < 4.78 is 1.80. The van der Waals surface area contributed by atoms with Gasteiger partial charge in [0.25, 0.3) is 0 Å². The second kappa shape index (κ2) is 6.70. The highest BCUT2D eigenvalue weighted by Gasteiger charge is 2.21. The molecule has 1 aliphatic rings. The predicted molar refractivity (Wildman–Crippen MR) is 76.0 cm³/mol. The van der Waals surface area contributed by atoms with Gasteiger partial charge in [0, 0.05) is 19.0 Å². The van der Waals surface area contributed by atoms with E-state index < -0.39 is 0 Å². The average Bonchev–Trinajstić information content (AvgIpc) is 2.93. The number of nitrogens with two attached hydrogens (primary N) is 1. The normalized spacial score (nSPS) is 13.6. The highest BCUT2D eigenvalue weighted by molar-refractivity contribution is 5.90. The third-order valence-corrected chi connectivity index (χ3v) is 3.68. The fraction of sp³-hybridized carbons (Fsp3) is 0.714. The highest BCUT2D eigenvalue weighted by atomic mass is 16.1. The molecule has 1 aromatic heterocycles. The van der Waals surface area contributed by atoms with Gasteiger partial charge in [-0.25, -0.2) is 0 Å². The molecule has 5 heteroatoms. The first-order valence-electron chi connectivity index (χ1n) is 7.27. The van der Waals surface area contributed by atoms with Crippen LogP contribution in [0, 0.1) is 0 Å². The molecule has 2 rings (SSSR count). The van der Waals surface area contributed by atoms with Crippen LogP contribution in [0.4, 0.5) is 5.82 Å². The lowest BCUT2D eigenvalue weighted by Crippen LogP contribution is -2.15. The minimum absolute atomic E-state index is 0.102. The van der Waals surface area contributed by atoms with Crippen molar-refractivity contribution in [1.29, 1.82) is 0 Å². The molecule has 1 aromatic rings. The lowest BCUT2D eigenvalue weighted by Gasteiger charge is -2.07. The summed E-state index contributed by atoms with van der Waals surface area (Å²) >= 11 is 0. The monoisotopic (exact) mass is 264 g/mol. The molecule has 0 aliphatic heterocycles. The van der Waals surface area contributed by atoms with Gasteiger partial charge in [-0.3, -0.25) is 9.48 Å². The Kier molecular flexibility index (Phi) is 4.96. The number of rotatable bonds is 7. The molecule has 1 aliphatic carbocycles. The van der Waals surface area contributed by atoms with Crippen LogP contribution in [-0.2, 0) is 24.7 Å². The van der Waals surface area contributed by atoms with Crippen molar-refractivity contribution in [2.45, 2.75) is 51.4 Å². The Morgan fingerprint density at radius 3 is 2.89 bits per heavy atom. The minimum Gasteiger partial charge on any atom is -0.330 e. The number of hydrogen-bond donors (Lipinski definition) is 2. The summed E-state index contributed by atoms with van der Waals surface area (Å²) in [4.78, 5) is 11.9. The van der Waals surface area contributed by atoms with Gasteiger partial charge in [-0.15, -0.1) is 0 Å². The maximum Gasteiger partial charge on any atom is 0.225 e. The van der Waals surface area contributed by atoms with Crippen molar-refractivity contribution in [1.82, 2.24) is 9.78 Å². The van der Waals surface area contributed by atoms with Gasteiger partial charge >= 0.3 is 0 Å². The predicted octanol–water partition coefficient (Wildman–Crippen LogP) is 1.76. The maximum atomic E-state index is 11.9. The maximum absolute atomic E-state index is 11.9. The van der Waals surface area contributed by atoms with E-state index in [4.69, 9.17) is 5.73 Å². The molecule has 19 heavy (non-hydrogen) atoms. The number of nitrogens with zero attached hydrogens (tertiary/aromatic N) is 2. The van der Waals surface area contributed by atoms with Gasteiger partial charge in [0.1, 0.15) is 5.82 Å². The molecule has 0 atom stereocenters. The quantitative estimate of drug-likeness (QED) is 0.737. The second-order valence-corrected chi connectivity index (χ2v) is 5.25. The van der Waals surface area contributed by atoms with E-state index in [2.05, 4.69) is 10.4 Å². The summed E-state index contributed by atoms with van der Waals surface area (Å²) in [6.45, 7) is 0.743. The van der Waals surface area contributed by atoms with Crippen LogP contribution in [0.3, 0.4) is 0 Å². The molecular weight excluding hydrogens is 240 g/mol. The number of aryl methyl sites for hydroxylation is 2. The van der Waals surface area contributed by atoms with E-state index in [1.54, 1.807) is 4.68 Å². The summed E-state index contributed by atoms with van der Waals surface area (Å²) in [5.74, 6) is 1.00. The summed E-state index contributed by atoms with van der Waals surface area (Å²) in [5, 5.41) is 7.47. The van der Waals surface area contributed by atoms with Crippen molar-refractivity contribution >= 4 is 11.7 Å². The lowest BCUT2D eigenvalue weighted by atomic mass is 10.1. The van der Waals surface area contributed by atoms with Crippen LogP contribution < -0.4 is 11.1 Å². The van der Waals surface area contributed by atoms with Gasteiger partial charge in [-0.2, -0.15) is 5.10 Å². The number of anilines is 1. The Hall–Kier alpha value is -1.36. The van der Waals surface area contributed by atoms with Crippen LogP contribution in [0.1, 0.15) is 49.8 Å². The van der Waals surface area contributed by atoms with Crippen molar-refractivity contribution in [3.05, 3.63) is 11.3 Å². The number of unbranched alkanes of at least 4 members (excludes halogenated alkanes) is 3. The number of aromatic nitrogens is 2. The Labute approximate surface area is 114 Å². The first kappa shape index (κ1) is 14.1. The molecule has 0 saturated heterocycles. The standard InChI is InChI=1S/C14H24N4O/c1-18-14(11-7-6-8-12(11)17-18)16-13(19)9-4-2-3-5-10-15/h2-10,15H2,1H3,(H,16,19). The first-order valence-corrected chi connectivity index (χ1v) is 7.27. The molecule has 5 nitrogen and oxygen atoms in total. The molecule has 0 saturated carbocycles. The van der Waals surface area contributed by atoms with Crippen molar-refractivity contribution in [3.8, 4) is 0 Å². The van der Waals surface area contributed by atoms with E-state index in [1.165, 1.54) is 5.56 Å². The lowest BCUT2D eigenvalue weighted by molar-refractivity contribution is -0.116. The minimum atomic E-state index is 0.102. The number of hydrogen-bond acceptors (Lipinski definition) is 3. The van der Waals surface area contributed by atoms with Crippen LogP contribution in [0.15, 0.2) is 0 Å². The number of fused-ring (bicyclic) bond motifs is 1. The van der Waals surface area contributed by atoms with Crippen LogP contribution in [0.2, 0.25) is 0 Å². The van der Waals surface area contributed by atoms with Crippen molar-refractivity contribution < 1.29 is 4.79 Å². The molecule has 1 amide bonds. The average molecular weight is 264 g/mol. The zero-order valence-corrected chi connectivity index (χ0v) is 11.7.